The van der Waals surface area contributed by atoms with Crippen molar-refractivity contribution in [2.75, 3.05) is 13.7 Å². The topological polar surface area (TPSA) is 73.3 Å². The van der Waals surface area contributed by atoms with E-state index in [4.69, 9.17) is 9.47 Å². The van der Waals surface area contributed by atoms with E-state index in [-0.39, 0.29) is 17.8 Å². The Morgan fingerprint density at radius 1 is 1.37 bits per heavy atom. The summed E-state index contributed by atoms with van der Waals surface area (Å²) in [7, 11) is 1.50. The number of hydrogen-bond acceptors (Lipinski definition) is 6. The average Bonchev–Trinajstić information content (AvgIpc) is 3.35. The van der Waals surface area contributed by atoms with Crippen LogP contribution in [0.4, 0.5) is 4.39 Å². The van der Waals surface area contributed by atoms with Gasteiger partial charge in [-0.25, -0.2) is 4.39 Å². The number of carbonyl (C=O) groups excluding carboxylic acids is 1. The minimum atomic E-state index is -0.368. The minimum Gasteiger partial charge on any atom is -0.487 e. The summed E-state index contributed by atoms with van der Waals surface area (Å²) in [6.07, 6.45) is 0.238. The van der Waals surface area contributed by atoms with E-state index in [0.717, 1.165) is 5.56 Å². The normalized spacial score (nSPS) is 15.1. The van der Waals surface area contributed by atoms with Crippen molar-refractivity contribution in [2.45, 2.75) is 12.5 Å². The van der Waals surface area contributed by atoms with Crippen LogP contribution in [0.2, 0.25) is 0 Å². The molecule has 8 heteroatoms. The zero-order chi connectivity index (χ0) is 18.8. The SMILES string of the molecule is COc1ccc(-c2cc(F)cc3c2O[C@H](CNC(=O)c2ccsc2)C3)nn1. The summed E-state index contributed by atoms with van der Waals surface area (Å²) in [5.41, 5.74) is 2.40. The molecular weight excluding hydrogens is 369 g/mol. The molecule has 0 fully saturated rings. The predicted molar refractivity (Wildman–Crippen MR) is 98.8 cm³/mol. The molecule has 4 rings (SSSR count). The summed E-state index contributed by atoms with van der Waals surface area (Å²) in [6, 6.07) is 7.96. The van der Waals surface area contributed by atoms with Crippen LogP contribution in [-0.4, -0.2) is 35.9 Å². The third-order valence-corrected chi connectivity index (χ3v) is 4.94. The van der Waals surface area contributed by atoms with Crippen LogP contribution in [0.1, 0.15) is 15.9 Å². The number of thiophene rings is 1. The molecule has 1 N–H and O–H groups in total. The van der Waals surface area contributed by atoms with E-state index < -0.39 is 0 Å². The number of ether oxygens (including phenoxy) is 2. The number of fused-ring (bicyclic) bond motifs is 1. The molecule has 0 saturated heterocycles. The molecule has 0 saturated carbocycles. The molecule has 6 nitrogen and oxygen atoms in total. The van der Waals surface area contributed by atoms with Crippen molar-refractivity contribution >= 4 is 17.2 Å². The maximum atomic E-state index is 14.1. The maximum absolute atomic E-state index is 14.1. The average molecular weight is 385 g/mol. The number of nitrogens with zero attached hydrogens (tertiary/aromatic N) is 2. The van der Waals surface area contributed by atoms with Gasteiger partial charge in [0, 0.05) is 34.6 Å². The van der Waals surface area contributed by atoms with Crippen LogP contribution in [-0.2, 0) is 6.42 Å². The first kappa shape index (κ1) is 17.4. The highest BCUT2D eigenvalue weighted by Crippen LogP contribution is 2.39. The van der Waals surface area contributed by atoms with Gasteiger partial charge in [-0.15, -0.1) is 10.2 Å². The van der Waals surface area contributed by atoms with E-state index in [1.807, 2.05) is 5.38 Å². The maximum Gasteiger partial charge on any atom is 0.252 e. The van der Waals surface area contributed by atoms with Gasteiger partial charge in [-0.2, -0.15) is 11.3 Å². The van der Waals surface area contributed by atoms with Gasteiger partial charge in [-0.1, -0.05) is 0 Å². The zero-order valence-electron chi connectivity index (χ0n) is 14.4. The van der Waals surface area contributed by atoms with E-state index in [9.17, 15) is 9.18 Å². The fourth-order valence-electron chi connectivity index (χ4n) is 2.97. The molecule has 138 valence electrons. The molecule has 1 aromatic carbocycles. The quantitative estimate of drug-likeness (QED) is 0.731. The summed E-state index contributed by atoms with van der Waals surface area (Å²) >= 11 is 1.46. The van der Waals surface area contributed by atoms with E-state index >= 15 is 0 Å². The van der Waals surface area contributed by atoms with E-state index in [1.54, 1.807) is 23.6 Å². The van der Waals surface area contributed by atoms with Crippen LogP contribution >= 0.6 is 11.3 Å². The predicted octanol–water partition coefficient (Wildman–Crippen LogP) is 3.09. The Bertz CT molecular complexity index is 961. The second-order valence-electron chi connectivity index (χ2n) is 6.07. The summed E-state index contributed by atoms with van der Waals surface area (Å²) in [4.78, 5) is 12.1. The van der Waals surface area contributed by atoms with Crippen LogP contribution in [0.25, 0.3) is 11.3 Å². The van der Waals surface area contributed by atoms with Crippen LogP contribution in [0.3, 0.4) is 0 Å². The minimum absolute atomic E-state index is 0.150. The largest absolute Gasteiger partial charge is 0.487 e. The Morgan fingerprint density at radius 2 is 2.26 bits per heavy atom. The Hall–Kier alpha value is -3.00. The molecule has 27 heavy (non-hydrogen) atoms. The highest BCUT2D eigenvalue weighted by atomic mass is 32.1. The Labute approximate surface area is 159 Å². The molecule has 1 atom stereocenters. The molecule has 1 amide bonds. The van der Waals surface area contributed by atoms with Crippen LogP contribution in [0.15, 0.2) is 41.1 Å². The van der Waals surface area contributed by atoms with Crippen LogP contribution < -0.4 is 14.8 Å². The highest BCUT2D eigenvalue weighted by Gasteiger charge is 2.28. The number of nitrogens with one attached hydrogen (secondary N) is 1. The molecule has 0 radical (unpaired) electrons. The monoisotopic (exact) mass is 385 g/mol. The molecule has 3 aromatic rings. The number of methoxy groups -OCH3 is 1. The molecule has 0 unspecified atom stereocenters. The van der Waals surface area contributed by atoms with Crippen molar-refractivity contribution in [2.24, 2.45) is 0 Å². The van der Waals surface area contributed by atoms with Gasteiger partial charge in [0.05, 0.1) is 19.3 Å². The molecule has 0 aliphatic carbocycles. The van der Waals surface area contributed by atoms with E-state index in [1.165, 1.54) is 30.6 Å². The van der Waals surface area contributed by atoms with Crippen LogP contribution in [0, 0.1) is 5.82 Å². The van der Waals surface area contributed by atoms with Gasteiger partial charge in [0.2, 0.25) is 5.88 Å². The third-order valence-electron chi connectivity index (χ3n) is 4.26. The van der Waals surface area contributed by atoms with Crippen molar-refractivity contribution in [3.63, 3.8) is 0 Å². The molecule has 3 heterocycles. The first-order valence-corrected chi connectivity index (χ1v) is 9.26. The summed E-state index contributed by atoms with van der Waals surface area (Å²) < 4.78 is 25.1. The van der Waals surface area contributed by atoms with Gasteiger partial charge < -0.3 is 14.8 Å². The van der Waals surface area contributed by atoms with Crippen molar-refractivity contribution < 1.29 is 18.7 Å². The summed E-state index contributed by atoms with van der Waals surface area (Å²) in [5.74, 6) is 0.434. The zero-order valence-corrected chi connectivity index (χ0v) is 15.3. The van der Waals surface area contributed by atoms with Crippen LogP contribution in [0.5, 0.6) is 11.6 Å². The number of halogens is 1. The summed E-state index contributed by atoms with van der Waals surface area (Å²) in [6.45, 7) is 0.332. The lowest BCUT2D eigenvalue weighted by Gasteiger charge is -2.13. The smallest absolute Gasteiger partial charge is 0.252 e. The van der Waals surface area contributed by atoms with Gasteiger partial charge >= 0.3 is 0 Å². The first-order chi connectivity index (χ1) is 13.1. The molecule has 1 aliphatic heterocycles. The van der Waals surface area contributed by atoms with Gasteiger partial charge in [-0.05, 0) is 29.6 Å². The lowest BCUT2D eigenvalue weighted by atomic mass is 10.0. The fourth-order valence-corrected chi connectivity index (χ4v) is 3.61. The Morgan fingerprint density at radius 3 is 2.96 bits per heavy atom. The van der Waals surface area contributed by atoms with E-state index in [0.29, 0.717) is 41.4 Å². The van der Waals surface area contributed by atoms with Crippen molar-refractivity contribution in [1.29, 1.82) is 0 Å². The molecule has 1 aliphatic rings. The van der Waals surface area contributed by atoms with Gasteiger partial charge in [0.25, 0.3) is 5.91 Å². The lowest BCUT2D eigenvalue weighted by Crippen LogP contribution is -2.34. The summed E-state index contributed by atoms with van der Waals surface area (Å²) in [5, 5.41) is 14.5. The van der Waals surface area contributed by atoms with Gasteiger partial charge in [0.1, 0.15) is 17.7 Å². The Kier molecular flexibility index (Phi) is 4.72. The highest BCUT2D eigenvalue weighted by molar-refractivity contribution is 7.08. The number of aromatic nitrogens is 2. The molecular formula is C19H16FN3O3S. The van der Waals surface area contributed by atoms with Crippen molar-refractivity contribution in [1.82, 2.24) is 15.5 Å². The fraction of sp³-hybridized carbons (Fsp3) is 0.211. The standard InChI is InChI=1S/C19H16FN3O3S/c1-25-17-3-2-16(22-23-17)15-8-13(20)6-12-7-14(26-18(12)15)9-21-19(24)11-4-5-27-10-11/h2-6,8,10,14H,7,9H2,1H3,(H,21,24)/t14-/m0/s1. The lowest BCUT2D eigenvalue weighted by molar-refractivity contribution is 0.0934. The number of benzene rings is 1. The second kappa shape index (κ2) is 7.32. The molecule has 0 bridgehead atoms. The first-order valence-electron chi connectivity index (χ1n) is 8.31. The van der Waals surface area contributed by atoms with Crippen molar-refractivity contribution in [3.8, 4) is 22.9 Å². The molecule has 0 spiro atoms. The number of hydrogen-bond donors (Lipinski definition) is 1. The third kappa shape index (κ3) is 3.61. The Balaban J connectivity index is 1.52. The van der Waals surface area contributed by atoms with E-state index in [2.05, 4.69) is 15.5 Å². The number of amides is 1. The van der Waals surface area contributed by atoms with Gasteiger partial charge in [0.15, 0.2) is 0 Å². The second-order valence-corrected chi connectivity index (χ2v) is 6.85. The van der Waals surface area contributed by atoms with Crippen molar-refractivity contribution in [3.05, 3.63) is 58.0 Å². The molecule has 2 aromatic heterocycles. The van der Waals surface area contributed by atoms with Gasteiger partial charge in [-0.3, -0.25) is 4.79 Å². The number of rotatable bonds is 5. The number of carbonyl (C=O) groups is 1.